The average molecular weight is 382 g/mol. The molecule has 1 aromatic heterocycles. The van der Waals surface area contributed by atoms with Crippen molar-refractivity contribution in [2.45, 2.75) is 13.1 Å². The quantitative estimate of drug-likeness (QED) is 0.726. The van der Waals surface area contributed by atoms with E-state index in [4.69, 9.17) is 0 Å². The van der Waals surface area contributed by atoms with Crippen LogP contribution in [0.4, 0.5) is 4.39 Å². The third-order valence-electron chi connectivity index (χ3n) is 4.20. The standard InChI is InChI=1S/C20H19FN4O3/c1-24(2)19(27)14-5-3-13(4-6-14)10-22-18(26)11-25-12-23-17-8-7-15(21)9-16(17)20(25)28/h3-9,12H,10-11H2,1-2H3,(H,22,26). The summed E-state index contributed by atoms with van der Waals surface area (Å²) in [5.74, 6) is -1.02. The molecule has 1 heterocycles. The van der Waals surface area contributed by atoms with E-state index in [0.29, 0.717) is 11.1 Å². The van der Waals surface area contributed by atoms with Gasteiger partial charge in [-0.2, -0.15) is 0 Å². The first kappa shape index (κ1) is 19.2. The molecule has 2 amide bonds. The fraction of sp³-hybridized carbons (Fsp3) is 0.200. The number of benzene rings is 2. The van der Waals surface area contributed by atoms with Gasteiger partial charge in [-0.1, -0.05) is 12.1 Å². The highest BCUT2D eigenvalue weighted by atomic mass is 19.1. The van der Waals surface area contributed by atoms with Gasteiger partial charge >= 0.3 is 0 Å². The van der Waals surface area contributed by atoms with Gasteiger partial charge in [0.05, 0.1) is 17.2 Å². The van der Waals surface area contributed by atoms with Crippen LogP contribution >= 0.6 is 0 Å². The van der Waals surface area contributed by atoms with E-state index in [0.717, 1.165) is 16.2 Å². The highest BCUT2D eigenvalue weighted by molar-refractivity contribution is 5.93. The van der Waals surface area contributed by atoms with Crippen molar-refractivity contribution >= 4 is 22.7 Å². The minimum absolute atomic E-state index is 0.102. The van der Waals surface area contributed by atoms with Crippen molar-refractivity contribution in [3.8, 4) is 0 Å². The summed E-state index contributed by atoms with van der Waals surface area (Å²) in [7, 11) is 3.35. The molecule has 144 valence electrons. The van der Waals surface area contributed by atoms with E-state index in [1.165, 1.54) is 23.4 Å². The maximum Gasteiger partial charge on any atom is 0.261 e. The first-order valence-electron chi connectivity index (χ1n) is 8.57. The van der Waals surface area contributed by atoms with Crippen LogP contribution in [0, 0.1) is 5.82 Å². The number of carbonyl (C=O) groups excluding carboxylic acids is 2. The van der Waals surface area contributed by atoms with E-state index in [9.17, 15) is 18.8 Å². The predicted molar refractivity (Wildman–Crippen MR) is 102 cm³/mol. The fourth-order valence-electron chi connectivity index (χ4n) is 2.68. The van der Waals surface area contributed by atoms with Gasteiger partial charge in [0, 0.05) is 26.2 Å². The summed E-state index contributed by atoms with van der Waals surface area (Å²) in [6.45, 7) is 0.0230. The van der Waals surface area contributed by atoms with E-state index >= 15 is 0 Å². The lowest BCUT2D eigenvalue weighted by atomic mass is 10.1. The van der Waals surface area contributed by atoms with Crippen LogP contribution in [0.2, 0.25) is 0 Å². The molecule has 3 rings (SSSR count). The van der Waals surface area contributed by atoms with Gasteiger partial charge in [0.25, 0.3) is 11.5 Å². The Hall–Kier alpha value is -3.55. The Morgan fingerprint density at radius 2 is 1.86 bits per heavy atom. The lowest BCUT2D eigenvalue weighted by Gasteiger charge is -2.11. The topological polar surface area (TPSA) is 84.3 Å². The Morgan fingerprint density at radius 1 is 1.14 bits per heavy atom. The molecule has 7 nitrogen and oxygen atoms in total. The molecule has 0 atom stereocenters. The molecule has 0 saturated carbocycles. The number of amides is 2. The minimum atomic E-state index is -0.537. The van der Waals surface area contributed by atoms with Crippen LogP contribution in [0.25, 0.3) is 10.9 Å². The highest BCUT2D eigenvalue weighted by Gasteiger charge is 2.10. The number of fused-ring (bicyclic) bond motifs is 1. The van der Waals surface area contributed by atoms with Gasteiger partial charge in [0.2, 0.25) is 5.91 Å². The molecule has 1 N–H and O–H groups in total. The molecule has 3 aromatic rings. The van der Waals surface area contributed by atoms with Crippen molar-refractivity contribution in [2.24, 2.45) is 0 Å². The summed E-state index contributed by atoms with van der Waals surface area (Å²) >= 11 is 0. The molecule has 0 aliphatic heterocycles. The second-order valence-electron chi connectivity index (χ2n) is 6.51. The van der Waals surface area contributed by atoms with Crippen molar-refractivity contribution < 1.29 is 14.0 Å². The number of aromatic nitrogens is 2. The number of carbonyl (C=O) groups is 2. The second-order valence-corrected chi connectivity index (χ2v) is 6.51. The van der Waals surface area contributed by atoms with Gasteiger partial charge in [-0.3, -0.25) is 19.0 Å². The van der Waals surface area contributed by atoms with Gasteiger partial charge in [-0.15, -0.1) is 0 Å². The molecule has 0 saturated heterocycles. The van der Waals surface area contributed by atoms with Crippen LogP contribution in [0.1, 0.15) is 15.9 Å². The molecule has 8 heteroatoms. The van der Waals surface area contributed by atoms with Gasteiger partial charge in [0.1, 0.15) is 12.4 Å². The maximum absolute atomic E-state index is 13.4. The van der Waals surface area contributed by atoms with E-state index in [1.807, 2.05) is 0 Å². The fourth-order valence-corrected chi connectivity index (χ4v) is 2.68. The molecule has 0 aliphatic rings. The summed E-state index contributed by atoms with van der Waals surface area (Å²) in [6, 6.07) is 10.6. The summed E-state index contributed by atoms with van der Waals surface area (Å²) in [5, 5.41) is 2.83. The van der Waals surface area contributed by atoms with Gasteiger partial charge in [0.15, 0.2) is 0 Å². The SMILES string of the molecule is CN(C)C(=O)c1ccc(CNC(=O)Cn2cnc3ccc(F)cc3c2=O)cc1. The number of hydrogen-bond donors (Lipinski definition) is 1. The number of nitrogens with one attached hydrogen (secondary N) is 1. The zero-order chi connectivity index (χ0) is 20.3. The van der Waals surface area contributed by atoms with Crippen molar-refractivity contribution in [1.29, 1.82) is 0 Å². The van der Waals surface area contributed by atoms with Gasteiger partial charge in [-0.25, -0.2) is 9.37 Å². The van der Waals surface area contributed by atoms with Crippen LogP contribution in [0.3, 0.4) is 0 Å². The minimum Gasteiger partial charge on any atom is -0.350 e. The Bertz CT molecular complexity index is 1090. The van der Waals surface area contributed by atoms with E-state index in [2.05, 4.69) is 10.3 Å². The van der Waals surface area contributed by atoms with Gasteiger partial charge in [-0.05, 0) is 35.9 Å². The number of halogens is 1. The summed E-state index contributed by atoms with van der Waals surface area (Å²) in [6.07, 6.45) is 1.27. The molecule has 28 heavy (non-hydrogen) atoms. The lowest BCUT2D eigenvalue weighted by molar-refractivity contribution is -0.121. The van der Waals surface area contributed by atoms with Crippen LogP contribution in [0.5, 0.6) is 0 Å². The third-order valence-corrected chi connectivity index (χ3v) is 4.20. The van der Waals surface area contributed by atoms with E-state index in [1.54, 1.807) is 38.4 Å². The van der Waals surface area contributed by atoms with Crippen LogP contribution in [-0.4, -0.2) is 40.4 Å². The summed E-state index contributed by atoms with van der Waals surface area (Å²) in [5.41, 5.74) is 1.26. The zero-order valence-corrected chi connectivity index (χ0v) is 15.5. The third kappa shape index (κ3) is 4.22. The molecule has 0 fully saturated rings. The molecule has 0 aliphatic carbocycles. The molecule has 0 radical (unpaired) electrons. The molecule has 0 spiro atoms. The molecule has 0 unspecified atom stereocenters. The van der Waals surface area contributed by atoms with E-state index < -0.39 is 11.4 Å². The van der Waals surface area contributed by atoms with Crippen molar-refractivity contribution in [3.63, 3.8) is 0 Å². The average Bonchev–Trinajstić information content (AvgIpc) is 2.68. The smallest absolute Gasteiger partial charge is 0.261 e. The van der Waals surface area contributed by atoms with Crippen molar-refractivity contribution in [1.82, 2.24) is 19.8 Å². The largest absolute Gasteiger partial charge is 0.350 e. The van der Waals surface area contributed by atoms with Crippen LogP contribution in [0.15, 0.2) is 53.6 Å². The highest BCUT2D eigenvalue weighted by Crippen LogP contribution is 2.09. The monoisotopic (exact) mass is 382 g/mol. The number of nitrogens with zero attached hydrogens (tertiary/aromatic N) is 3. The van der Waals surface area contributed by atoms with Crippen LogP contribution in [-0.2, 0) is 17.9 Å². The lowest BCUT2D eigenvalue weighted by Crippen LogP contribution is -2.32. The van der Waals surface area contributed by atoms with E-state index in [-0.39, 0.29) is 30.3 Å². The first-order chi connectivity index (χ1) is 13.3. The molecule has 0 bridgehead atoms. The van der Waals surface area contributed by atoms with Gasteiger partial charge < -0.3 is 10.2 Å². The Labute approximate surface area is 160 Å². The molecular formula is C20H19FN4O3. The Morgan fingerprint density at radius 3 is 2.54 bits per heavy atom. The van der Waals surface area contributed by atoms with Crippen molar-refractivity contribution in [3.05, 3.63) is 76.1 Å². The van der Waals surface area contributed by atoms with Crippen LogP contribution < -0.4 is 10.9 Å². The normalized spacial score (nSPS) is 10.7. The number of rotatable bonds is 5. The Kier molecular flexibility index (Phi) is 5.49. The number of hydrogen-bond acceptors (Lipinski definition) is 4. The summed E-state index contributed by atoms with van der Waals surface area (Å²) in [4.78, 5) is 42.0. The zero-order valence-electron chi connectivity index (χ0n) is 15.5. The molecule has 2 aromatic carbocycles. The predicted octanol–water partition coefficient (Wildman–Crippen LogP) is 1.55. The summed E-state index contributed by atoms with van der Waals surface area (Å²) < 4.78 is 14.5. The first-order valence-corrected chi connectivity index (χ1v) is 8.57. The Balaban J connectivity index is 1.65. The molecular weight excluding hydrogens is 363 g/mol. The maximum atomic E-state index is 13.4. The van der Waals surface area contributed by atoms with Crippen molar-refractivity contribution in [2.75, 3.05) is 14.1 Å². The second kappa shape index (κ2) is 7.99.